The van der Waals surface area contributed by atoms with Crippen molar-refractivity contribution in [2.45, 2.75) is 25.1 Å². The van der Waals surface area contributed by atoms with Gasteiger partial charge in [0.05, 0.1) is 17.9 Å². The Morgan fingerprint density at radius 1 is 1.24 bits per heavy atom. The molecule has 3 rings (SSSR count). The molecule has 21 heavy (non-hydrogen) atoms. The average Bonchev–Trinajstić information content (AvgIpc) is 2.89. The fourth-order valence-corrected chi connectivity index (χ4v) is 3.89. The topological polar surface area (TPSA) is 32.8 Å². The van der Waals surface area contributed by atoms with Crippen LogP contribution in [0.15, 0.2) is 0 Å². The van der Waals surface area contributed by atoms with Gasteiger partial charge < -0.3 is 14.5 Å². The van der Waals surface area contributed by atoms with Gasteiger partial charge in [0, 0.05) is 38.7 Å². The van der Waals surface area contributed by atoms with Crippen molar-refractivity contribution in [3.05, 3.63) is 0 Å². The van der Waals surface area contributed by atoms with E-state index in [1.807, 2.05) is 0 Å². The highest BCUT2D eigenvalue weighted by molar-refractivity contribution is 5.80. The van der Waals surface area contributed by atoms with Crippen molar-refractivity contribution in [2.75, 3.05) is 40.3 Å². The number of ether oxygens (including phenoxy) is 1. The molecule has 2 aliphatic heterocycles. The number of alkyl halides is 3. The van der Waals surface area contributed by atoms with Crippen molar-refractivity contribution < 1.29 is 22.7 Å². The van der Waals surface area contributed by atoms with Crippen LogP contribution < -0.4 is 0 Å². The summed E-state index contributed by atoms with van der Waals surface area (Å²) in [5.74, 6) is -2.87. The zero-order valence-electron chi connectivity index (χ0n) is 12.3. The SMILES string of the molecule is COC1CN(C(=O)C2CN(C)CC2C(F)(F)F)CC12CC2. The van der Waals surface area contributed by atoms with Crippen LogP contribution in [0, 0.1) is 17.3 Å². The Morgan fingerprint density at radius 3 is 2.38 bits per heavy atom. The van der Waals surface area contributed by atoms with E-state index in [4.69, 9.17) is 4.74 Å². The Kier molecular flexibility index (Phi) is 3.48. The van der Waals surface area contributed by atoms with Crippen LogP contribution >= 0.6 is 0 Å². The van der Waals surface area contributed by atoms with Gasteiger partial charge >= 0.3 is 6.18 Å². The first-order chi connectivity index (χ1) is 9.77. The van der Waals surface area contributed by atoms with E-state index in [9.17, 15) is 18.0 Å². The maximum atomic E-state index is 13.1. The second kappa shape index (κ2) is 4.84. The minimum atomic E-state index is -4.32. The lowest BCUT2D eigenvalue weighted by atomic mass is 9.94. The first-order valence-corrected chi connectivity index (χ1v) is 7.34. The monoisotopic (exact) mass is 306 g/mol. The minimum absolute atomic E-state index is 0.0165. The highest BCUT2D eigenvalue weighted by Crippen LogP contribution is 2.54. The Bertz CT molecular complexity index is 436. The Labute approximate surface area is 122 Å². The molecule has 2 heterocycles. The number of halogens is 3. The molecule has 3 atom stereocenters. The number of hydrogen-bond acceptors (Lipinski definition) is 3. The van der Waals surface area contributed by atoms with Crippen LogP contribution in [0.1, 0.15) is 12.8 Å². The summed E-state index contributed by atoms with van der Waals surface area (Å²) in [6.07, 6.45) is -2.33. The molecule has 4 nitrogen and oxygen atoms in total. The molecule has 3 aliphatic rings. The van der Waals surface area contributed by atoms with Crippen molar-refractivity contribution in [3.8, 4) is 0 Å². The molecule has 0 aromatic rings. The lowest BCUT2D eigenvalue weighted by Crippen LogP contribution is -2.42. The fourth-order valence-electron chi connectivity index (χ4n) is 3.89. The third-order valence-electron chi connectivity index (χ3n) is 5.30. The van der Waals surface area contributed by atoms with Crippen LogP contribution in [0.5, 0.6) is 0 Å². The van der Waals surface area contributed by atoms with Gasteiger partial charge in [-0.25, -0.2) is 0 Å². The molecule has 120 valence electrons. The molecule has 1 amide bonds. The zero-order valence-corrected chi connectivity index (χ0v) is 12.3. The number of hydrogen-bond donors (Lipinski definition) is 0. The van der Waals surface area contributed by atoms with Gasteiger partial charge in [0.15, 0.2) is 0 Å². The molecule has 1 saturated carbocycles. The molecule has 2 saturated heterocycles. The molecule has 1 aliphatic carbocycles. The van der Waals surface area contributed by atoms with Crippen LogP contribution in [0.25, 0.3) is 0 Å². The standard InChI is InChI=1S/C14H21F3N2O2/c1-18-5-9(10(6-18)14(15,16)17)12(20)19-7-11(21-2)13(8-19)3-4-13/h9-11H,3-8H2,1-2H3. The Hall–Kier alpha value is -0.820. The third kappa shape index (κ3) is 2.54. The average molecular weight is 306 g/mol. The lowest BCUT2D eigenvalue weighted by molar-refractivity contribution is -0.185. The maximum absolute atomic E-state index is 13.1. The van der Waals surface area contributed by atoms with Crippen LogP contribution in [0.4, 0.5) is 13.2 Å². The van der Waals surface area contributed by atoms with Gasteiger partial charge in [0.2, 0.25) is 5.91 Å². The summed E-state index contributed by atoms with van der Waals surface area (Å²) in [6.45, 7) is 1.08. The molecule has 0 aromatic carbocycles. The predicted octanol–water partition coefficient (Wildman–Crippen LogP) is 1.36. The Balaban J connectivity index is 1.73. The van der Waals surface area contributed by atoms with Crippen molar-refractivity contribution in [2.24, 2.45) is 17.3 Å². The molecule has 0 N–H and O–H groups in total. The van der Waals surface area contributed by atoms with E-state index >= 15 is 0 Å². The molecule has 0 radical (unpaired) electrons. The van der Waals surface area contributed by atoms with Gasteiger partial charge in [-0.1, -0.05) is 0 Å². The van der Waals surface area contributed by atoms with E-state index in [0.29, 0.717) is 13.1 Å². The molecule has 3 fully saturated rings. The minimum Gasteiger partial charge on any atom is -0.379 e. The normalized spacial score (nSPS) is 35.7. The summed E-state index contributed by atoms with van der Waals surface area (Å²) in [5, 5.41) is 0. The van der Waals surface area contributed by atoms with E-state index < -0.39 is 18.0 Å². The molecular weight excluding hydrogens is 285 g/mol. The van der Waals surface area contributed by atoms with Gasteiger partial charge in [-0.05, 0) is 19.9 Å². The maximum Gasteiger partial charge on any atom is 0.393 e. The summed E-state index contributed by atoms with van der Waals surface area (Å²) < 4.78 is 44.8. The van der Waals surface area contributed by atoms with Gasteiger partial charge in [-0.2, -0.15) is 13.2 Å². The molecular formula is C14H21F3N2O2. The lowest BCUT2D eigenvalue weighted by Gasteiger charge is -2.25. The van der Waals surface area contributed by atoms with E-state index in [-0.39, 0.29) is 30.5 Å². The molecule has 0 bridgehead atoms. The summed E-state index contributed by atoms with van der Waals surface area (Å²) in [6, 6.07) is 0. The van der Waals surface area contributed by atoms with Crippen LogP contribution in [0.2, 0.25) is 0 Å². The summed E-state index contributed by atoms with van der Waals surface area (Å²) in [5.41, 5.74) is 0.0165. The van der Waals surface area contributed by atoms with Crippen molar-refractivity contribution >= 4 is 5.91 Å². The molecule has 3 unspecified atom stereocenters. The molecule has 0 aromatic heterocycles. The largest absolute Gasteiger partial charge is 0.393 e. The predicted molar refractivity (Wildman–Crippen MR) is 69.6 cm³/mol. The first-order valence-electron chi connectivity index (χ1n) is 7.34. The number of nitrogens with zero attached hydrogens (tertiary/aromatic N) is 2. The highest BCUT2D eigenvalue weighted by atomic mass is 19.4. The van der Waals surface area contributed by atoms with E-state index in [0.717, 1.165) is 12.8 Å². The van der Waals surface area contributed by atoms with Crippen molar-refractivity contribution in [1.82, 2.24) is 9.80 Å². The van der Waals surface area contributed by atoms with E-state index in [2.05, 4.69) is 0 Å². The first kappa shape index (κ1) is 15.1. The number of amides is 1. The quantitative estimate of drug-likeness (QED) is 0.772. The smallest absolute Gasteiger partial charge is 0.379 e. The summed E-state index contributed by atoms with van der Waals surface area (Å²) in [4.78, 5) is 15.8. The van der Waals surface area contributed by atoms with Gasteiger partial charge in [0.1, 0.15) is 0 Å². The summed E-state index contributed by atoms with van der Waals surface area (Å²) in [7, 11) is 3.25. The second-order valence-corrected chi connectivity index (χ2v) is 6.78. The van der Waals surface area contributed by atoms with Crippen LogP contribution in [0.3, 0.4) is 0 Å². The van der Waals surface area contributed by atoms with Gasteiger partial charge in [-0.15, -0.1) is 0 Å². The van der Waals surface area contributed by atoms with E-state index in [1.54, 1.807) is 24.0 Å². The zero-order chi connectivity index (χ0) is 15.4. The highest BCUT2D eigenvalue weighted by Gasteiger charge is 2.59. The number of carbonyl (C=O) groups is 1. The molecule has 7 heteroatoms. The van der Waals surface area contributed by atoms with E-state index in [1.165, 1.54) is 0 Å². The number of likely N-dealkylation sites (tertiary alicyclic amines) is 2. The van der Waals surface area contributed by atoms with Crippen LogP contribution in [-0.2, 0) is 9.53 Å². The van der Waals surface area contributed by atoms with Gasteiger partial charge in [0.25, 0.3) is 0 Å². The van der Waals surface area contributed by atoms with Crippen molar-refractivity contribution in [1.29, 1.82) is 0 Å². The Morgan fingerprint density at radius 2 is 1.90 bits per heavy atom. The number of methoxy groups -OCH3 is 1. The number of carbonyl (C=O) groups excluding carboxylic acids is 1. The van der Waals surface area contributed by atoms with Gasteiger partial charge in [-0.3, -0.25) is 4.79 Å². The second-order valence-electron chi connectivity index (χ2n) is 6.78. The molecule has 1 spiro atoms. The third-order valence-corrected chi connectivity index (χ3v) is 5.30. The fraction of sp³-hybridized carbons (Fsp3) is 0.929. The van der Waals surface area contributed by atoms with Crippen molar-refractivity contribution in [3.63, 3.8) is 0 Å². The van der Waals surface area contributed by atoms with Crippen LogP contribution in [-0.4, -0.2) is 68.3 Å². The number of rotatable bonds is 2. The summed E-state index contributed by atoms with van der Waals surface area (Å²) >= 11 is 0.